The summed E-state index contributed by atoms with van der Waals surface area (Å²) in [4.78, 5) is 2.51. The highest BCUT2D eigenvalue weighted by atomic mass is 16.5. The number of rotatable bonds is 6. The van der Waals surface area contributed by atoms with Crippen LogP contribution in [0.3, 0.4) is 0 Å². The number of aliphatic hydroxyl groups is 1. The van der Waals surface area contributed by atoms with Crippen LogP contribution in [0.2, 0.25) is 0 Å². The zero-order chi connectivity index (χ0) is 16.9. The van der Waals surface area contributed by atoms with Crippen LogP contribution in [-0.4, -0.2) is 39.0 Å². The molecule has 0 radical (unpaired) electrons. The smallest absolute Gasteiger partial charge is 0.119 e. The third-order valence-electron chi connectivity index (χ3n) is 4.85. The van der Waals surface area contributed by atoms with Crippen molar-refractivity contribution in [2.45, 2.75) is 50.9 Å². The monoisotopic (exact) mass is 329 g/mol. The first-order valence-corrected chi connectivity index (χ1v) is 8.66. The van der Waals surface area contributed by atoms with Gasteiger partial charge in [-0.1, -0.05) is 12.1 Å². The number of benzene rings is 1. The van der Waals surface area contributed by atoms with Crippen molar-refractivity contribution in [3.63, 3.8) is 0 Å². The molecule has 1 aromatic carbocycles. The molecule has 1 fully saturated rings. The highest BCUT2D eigenvalue weighted by Crippen LogP contribution is 2.26. The number of methoxy groups -OCH3 is 1. The molecular weight excluding hydrogens is 302 g/mol. The van der Waals surface area contributed by atoms with E-state index in [9.17, 15) is 5.11 Å². The van der Waals surface area contributed by atoms with E-state index in [1.807, 2.05) is 30.1 Å². The molecule has 0 unspecified atom stereocenters. The Labute approximate surface area is 143 Å². The van der Waals surface area contributed by atoms with E-state index in [0.29, 0.717) is 6.04 Å². The third-order valence-corrected chi connectivity index (χ3v) is 4.85. The van der Waals surface area contributed by atoms with Gasteiger partial charge in [-0.25, -0.2) is 0 Å². The van der Waals surface area contributed by atoms with Crippen LogP contribution in [0, 0.1) is 0 Å². The lowest BCUT2D eigenvalue weighted by molar-refractivity contribution is 0.0665. The minimum absolute atomic E-state index is 0.127. The predicted molar refractivity (Wildman–Crippen MR) is 93.7 cm³/mol. The summed E-state index contributed by atoms with van der Waals surface area (Å²) in [5.41, 5.74) is 2.48. The van der Waals surface area contributed by atoms with Crippen molar-refractivity contribution in [2.75, 3.05) is 7.11 Å². The van der Waals surface area contributed by atoms with Gasteiger partial charge in [0.15, 0.2) is 0 Å². The number of aryl methyl sites for hydroxylation is 1. The highest BCUT2D eigenvalue weighted by Gasteiger charge is 2.25. The van der Waals surface area contributed by atoms with E-state index in [2.05, 4.69) is 28.3 Å². The van der Waals surface area contributed by atoms with Crippen LogP contribution in [0.5, 0.6) is 5.75 Å². The van der Waals surface area contributed by atoms with Gasteiger partial charge in [-0.3, -0.25) is 9.58 Å². The Hall–Kier alpha value is -1.85. The van der Waals surface area contributed by atoms with E-state index in [0.717, 1.165) is 44.5 Å². The molecule has 1 aliphatic carbocycles. The zero-order valence-corrected chi connectivity index (χ0v) is 14.6. The normalized spacial score (nSPS) is 21.2. The molecule has 0 bridgehead atoms. The molecule has 1 heterocycles. The van der Waals surface area contributed by atoms with Gasteiger partial charge in [0.1, 0.15) is 5.75 Å². The zero-order valence-electron chi connectivity index (χ0n) is 14.6. The molecule has 0 spiro atoms. The summed E-state index contributed by atoms with van der Waals surface area (Å²) in [7, 11) is 3.65. The number of hydrogen-bond acceptors (Lipinski definition) is 4. The van der Waals surface area contributed by atoms with Gasteiger partial charge in [-0.15, -0.1) is 0 Å². The van der Waals surface area contributed by atoms with E-state index in [1.54, 1.807) is 7.11 Å². The quantitative estimate of drug-likeness (QED) is 0.885. The van der Waals surface area contributed by atoms with Crippen LogP contribution in [-0.2, 0) is 20.1 Å². The van der Waals surface area contributed by atoms with E-state index < -0.39 is 0 Å². The van der Waals surface area contributed by atoms with Crippen molar-refractivity contribution >= 4 is 0 Å². The Morgan fingerprint density at radius 3 is 2.62 bits per heavy atom. The van der Waals surface area contributed by atoms with Crippen LogP contribution >= 0.6 is 0 Å². The summed E-state index contributed by atoms with van der Waals surface area (Å²) >= 11 is 0. The van der Waals surface area contributed by atoms with Gasteiger partial charge in [0.25, 0.3) is 0 Å². The molecule has 0 saturated heterocycles. The van der Waals surface area contributed by atoms with Crippen LogP contribution in [0.25, 0.3) is 0 Å². The summed E-state index contributed by atoms with van der Waals surface area (Å²) in [5.74, 6) is 0.896. The predicted octanol–water partition coefficient (Wildman–Crippen LogP) is 2.73. The minimum atomic E-state index is -0.127. The largest absolute Gasteiger partial charge is 0.497 e. The van der Waals surface area contributed by atoms with E-state index in [-0.39, 0.29) is 6.10 Å². The van der Waals surface area contributed by atoms with Crippen LogP contribution in [0.15, 0.2) is 36.7 Å². The van der Waals surface area contributed by atoms with Crippen molar-refractivity contribution < 1.29 is 9.84 Å². The average Bonchev–Trinajstić information content (AvgIpc) is 3.00. The summed E-state index contributed by atoms with van der Waals surface area (Å²) in [6, 6.07) is 8.77. The molecule has 24 heavy (non-hydrogen) atoms. The van der Waals surface area contributed by atoms with Gasteiger partial charge in [-0.05, 0) is 43.4 Å². The van der Waals surface area contributed by atoms with E-state index >= 15 is 0 Å². The van der Waals surface area contributed by atoms with Gasteiger partial charge in [-0.2, -0.15) is 5.10 Å². The maximum atomic E-state index is 9.81. The second kappa shape index (κ2) is 7.81. The highest BCUT2D eigenvalue weighted by molar-refractivity contribution is 5.28. The molecule has 0 atom stereocenters. The second-order valence-electron chi connectivity index (χ2n) is 6.74. The summed E-state index contributed by atoms with van der Waals surface area (Å²) in [6.45, 7) is 1.76. The maximum absolute atomic E-state index is 9.81. The third kappa shape index (κ3) is 4.36. The molecule has 0 amide bonds. The first-order chi connectivity index (χ1) is 11.6. The van der Waals surface area contributed by atoms with Crippen molar-refractivity contribution in [1.82, 2.24) is 14.7 Å². The van der Waals surface area contributed by atoms with Crippen LogP contribution in [0.1, 0.15) is 36.8 Å². The number of aliphatic hydroxyl groups excluding tert-OH is 1. The molecule has 2 aromatic rings. The van der Waals surface area contributed by atoms with Gasteiger partial charge in [0, 0.05) is 37.9 Å². The van der Waals surface area contributed by atoms with Crippen molar-refractivity contribution in [3.8, 4) is 5.75 Å². The summed E-state index contributed by atoms with van der Waals surface area (Å²) in [6.07, 6.45) is 7.78. The molecule has 5 nitrogen and oxygen atoms in total. The summed E-state index contributed by atoms with van der Waals surface area (Å²) in [5, 5.41) is 14.1. The molecule has 5 heteroatoms. The van der Waals surface area contributed by atoms with Crippen LogP contribution < -0.4 is 4.74 Å². The Kier molecular flexibility index (Phi) is 5.53. The lowest BCUT2D eigenvalue weighted by Crippen LogP contribution is -2.38. The Balaban J connectivity index is 1.75. The van der Waals surface area contributed by atoms with E-state index in [1.165, 1.54) is 11.1 Å². The fourth-order valence-corrected chi connectivity index (χ4v) is 3.53. The molecule has 1 N–H and O–H groups in total. The fourth-order valence-electron chi connectivity index (χ4n) is 3.53. The Bertz CT molecular complexity index is 648. The Morgan fingerprint density at radius 2 is 1.96 bits per heavy atom. The van der Waals surface area contributed by atoms with E-state index in [4.69, 9.17) is 4.74 Å². The number of ether oxygens (including phenoxy) is 1. The van der Waals surface area contributed by atoms with Gasteiger partial charge in [0.2, 0.25) is 0 Å². The van der Waals surface area contributed by atoms with Crippen molar-refractivity contribution in [2.24, 2.45) is 7.05 Å². The topological polar surface area (TPSA) is 50.5 Å². The van der Waals surface area contributed by atoms with Crippen LogP contribution in [0.4, 0.5) is 0 Å². The second-order valence-corrected chi connectivity index (χ2v) is 6.74. The molecule has 130 valence electrons. The lowest BCUT2D eigenvalue weighted by atomic mass is 9.91. The van der Waals surface area contributed by atoms with Gasteiger partial charge in [0.05, 0.1) is 19.4 Å². The van der Waals surface area contributed by atoms with Crippen molar-refractivity contribution in [1.29, 1.82) is 0 Å². The molecule has 0 aliphatic heterocycles. The molecule has 1 aromatic heterocycles. The standard InChI is InChI=1S/C19H27N3O2/c1-21-12-16(11-20-21)14-22(17-6-8-18(23)9-7-17)13-15-4-3-5-19(10-15)24-2/h3-5,10-12,17-18,23H,6-9,13-14H2,1-2H3. The molecule has 1 aliphatic rings. The van der Waals surface area contributed by atoms with Gasteiger partial charge < -0.3 is 9.84 Å². The molecule has 3 rings (SSSR count). The number of nitrogens with zero attached hydrogens (tertiary/aromatic N) is 3. The number of aromatic nitrogens is 2. The SMILES string of the molecule is COc1cccc(CN(Cc2cnn(C)c2)C2CCC(O)CC2)c1. The minimum Gasteiger partial charge on any atom is -0.497 e. The lowest BCUT2D eigenvalue weighted by Gasteiger charge is -2.35. The maximum Gasteiger partial charge on any atom is 0.119 e. The first kappa shape index (κ1) is 17.0. The van der Waals surface area contributed by atoms with Crippen molar-refractivity contribution in [3.05, 3.63) is 47.8 Å². The molecule has 1 saturated carbocycles. The molecular formula is C19H27N3O2. The average molecular weight is 329 g/mol. The first-order valence-electron chi connectivity index (χ1n) is 8.66. The fraction of sp³-hybridized carbons (Fsp3) is 0.526. The van der Waals surface area contributed by atoms with Gasteiger partial charge >= 0.3 is 0 Å². The Morgan fingerprint density at radius 1 is 1.21 bits per heavy atom. The number of hydrogen-bond donors (Lipinski definition) is 1. The summed E-state index contributed by atoms with van der Waals surface area (Å²) < 4.78 is 7.20.